The van der Waals surface area contributed by atoms with Crippen LogP contribution in [-0.2, 0) is 11.8 Å². The van der Waals surface area contributed by atoms with Gasteiger partial charge in [-0.15, -0.1) is 0 Å². The summed E-state index contributed by atoms with van der Waals surface area (Å²) in [5.41, 5.74) is 7.62. The highest BCUT2D eigenvalue weighted by atomic mass is 16.2. The molecule has 0 bridgehead atoms. The minimum Gasteiger partial charge on any atom is -0.399 e. The predicted octanol–water partition coefficient (Wildman–Crippen LogP) is 1.57. The number of rotatable bonds is 2. The molecule has 24 heavy (non-hydrogen) atoms. The van der Waals surface area contributed by atoms with E-state index in [1.54, 1.807) is 43.4 Å². The van der Waals surface area contributed by atoms with Gasteiger partial charge in [-0.2, -0.15) is 0 Å². The lowest BCUT2D eigenvalue weighted by molar-refractivity contribution is -0.114. The Labute approximate surface area is 137 Å². The molecule has 0 aliphatic heterocycles. The molecule has 3 rings (SSSR count). The van der Waals surface area contributed by atoms with E-state index in [-0.39, 0.29) is 5.91 Å². The Morgan fingerprint density at radius 1 is 1.08 bits per heavy atom. The molecule has 7 nitrogen and oxygen atoms in total. The topological polar surface area (TPSA) is 99.1 Å². The van der Waals surface area contributed by atoms with Crippen molar-refractivity contribution < 1.29 is 9.59 Å². The number of aromatic nitrogens is 2. The van der Waals surface area contributed by atoms with Gasteiger partial charge >= 0.3 is 5.69 Å². The summed E-state index contributed by atoms with van der Waals surface area (Å²) < 4.78 is 2.48. The highest BCUT2D eigenvalue weighted by Crippen LogP contribution is 2.18. The summed E-state index contributed by atoms with van der Waals surface area (Å²) in [6.45, 7) is 1.38. The average molecular weight is 324 g/mol. The zero-order valence-electron chi connectivity index (χ0n) is 13.2. The Kier molecular flexibility index (Phi) is 3.69. The third-order valence-corrected chi connectivity index (χ3v) is 3.71. The van der Waals surface area contributed by atoms with E-state index < -0.39 is 11.6 Å². The second-order valence-corrected chi connectivity index (χ2v) is 5.49. The number of benzene rings is 2. The van der Waals surface area contributed by atoms with Gasteiger partial charge in [0.05, 0.1) is 11.0 Å². The highest BCUT2D eigenvalue weighted by molar-refractivity contribution is 6.02. The smallest absolute Gasteiger partial charge is 0.335 e. The molecule has 0 aliphatic rings. The number of nitrogen functional groups attached to an aromatic ring is 1. The fourth-order valence-electron chi connectivity index (χ4n) is 2.62. The fraction of sp³-hybridized carbons (Fsp3) is 0.118. The quantitative estimate of drug-likeness (QED) is 0.699. The van der Waals surface area contributed by atoms with Crippen molar-refractivity contribution in [1.82, 2.24) is 9.13 Å². The van der Waals surface area contributed by atoms with E-state index >= 15 is 0 Å². The number of imidazole rings is 1. The summed E-state index contributed by atoms with van der Waals surface area (Å²) in [7, 11) is 1.60. The molecule has 0 fully saturated rings. The van der Waals surface area contributed by atoms with Gasteiger partial charge in [0.15, 0.2) is 0 Å². The Balaban J connectivity index is 2.16. The minimum absolute atomic E-state index is 0.241. The Bertz CT molecular complexity index is 1030. The number of carbonyl (C=O) groups excluding carboxylic acids is 2. The van der Waals surface area contributed by atoms with Gasteiger partial charge in [0, 0.05) is 30.9 Å². The maximum atomic E-state index is 12.8. The minimum atomic E-state index is -0.483. The maximum absolute atomic E-state index is 12.8. The van der Waals surface area contributed by atoms with E-state index in [1.807, 2.05) is 0 Å². The number of nitrogens with two attached hydrogens (primary N) is 1. The van der Waals surface area contributed by atoms with Gasteiger partial charge < -0.3 is 11.1 Å². The number of anilines is 2. The molecule has 0 saturated carbocycles. The normalized spacial score (nSPS) is 10.8. The van der Waals surface area contributed by atoms with Crippen LogP contribution in [0.2, 0.25) is 0 Å². The fourth-order valence-corrected chi connectivity index (χ4v) is 2.62. The van der Waals surface area contributed by atoms with Crippen LogP contribution in [0.5, 0.6) is 0 Å². The summed E-state index contributed by atoms with van der Waals surface area (Å²) in [4.78, 5) is 36.5. The predicted molar refractivity (Wildman–Crippen MR) is 92.1 cm³/mol. The Morgan fingerprint density at radius 3 is 2.54 bits per heavy atom. The van der Waals surface area contributed by atoms with Gasteiger partial charge in [-0.25, -0.2) is 9.36 Å². The molecule has 0 atom stereocenters. The standard InChI is InChI=1S/C17H16N4O3/c1-10(22)19-13-5-3-4-11(8-13)16(23)21-15-9-12(18)6-7-14(15)20(2)17(21)24/h3-9H,18H2,1-2H3,(H,19,22). The molecular formula is C17H16N4O3. The van der Waals surface area contributed by atoms with Crippen LogP contribution >= 0.6 is 0 Å². The lowest BCUT2D eigenvalue weighted by atomic mass is 10.2. The number of hydrogen-bond donors (Lipinski definition) is 2. The molecule has 2 aromatic carbocycles. The molecule has 0 radical (unpaired) electrons. The number of nitrogens with zero attached hydrogens (tertiary/aromatic N) is 2. The van der Waals surface area contributed by atoms with Crippen molar-refractivity contribution in [2.75, 3.05) is 11.1 Å². The first-order valence-corrected chi connectivity index (χ1v) is 7.28. The monoisotopic (exact) mass is 324 g/mol. The van der Waals surface area contributed by atoms with Crippen molar-refractivity contribution in [3.8, 4) is 0 Å². The summed E-state index contributed by atoms with van der Waals surface area (Å²) in [5, 5.41) is 2.61. The number of nitrogens with one attached hydrogen (secondary N) is 1. The van der Waals surface area contributed by atoms with Gasteiger partial charge in [0.2, 0.25) is 5.91 Å². The molecule has 1 aromatic heterocycles. The number of aryl methyl sites for hydroxylation is 1. The van der Waals surface area contributed by atoms with Crippen molar-refractivity contribution in [3.63, 3.8) is 0 Å². The van der Waals surface area contributed by atoms with Crippen LogP contribution < -0.4 is 16.7 Å². The molecule has 122 valence electrons. The van der Waals surface area contributed by atoms with Gasteiger partial charge in [0.25, 0.3) is 5.91 Å². The second-order valence-electron chi connectivity index (χ2n) is 5.49. The van der Waals surface area contributed by atoms with Crippen molar-refractivity contribution in [3.05, 3.63) is 58.5 Å². The zero-order valence-corrected chi connectivity index (χ0v) is 13.2. The summed E-state index contributed by atoms with van der Waals surface area (Å²) in [5.74, 6) is -0.724. The third-order valence-electron chi connectivity index (χ3n) is 3.71. The molecule has 1 amide bonds. The molecule has 3 aromatic rings. The first kappa shape index (κ1) is 15.5. The van der Waals surface area contributed by atoms with E-state index in [1.165, 1.54) is 17.6 Å². The van der Waals surface area contributed by atoms with Crippen LogP contribution in [-0.4, -0.2) is 20.9 Å². The van der Waals surface area contributed by atoms with Crippen molar-refractivity contribution in [2.45, 2.75) is 6.92 Å². The number of fused-ring (bicyclic) bond motifs is 1. The van der Waals surface area contributed by atoms with E-state index in [4.69, 9.17) is 5.73 Å². The molecule has 0 saturated heterocycles. The highest BCUT2D eigenvalue weighted by Gasteiger charge is 2.18. The van der Waals surface area contributed by atoms with Gasteiger partial charge in [-0.05, 0) is 36.4 Å². The number of amides is 1. The Morgan fingerprint density at radius 2 is 1.83 bits per heavy atom. The average Bonchev–Trinajstić information content (AvgIpc) is 2.77. The van der Waals surface area contributed by atoms with Crippen LogP contribution in [0.3, 0.4) is 0 Å². The lowest BCUT2D eigenvalue weighted by Gasteiger charge is -2.06. The van der Waals surface area contributed by atoms with Crippen LogP contribution in [0, 0.1) is 0 Å². The molecule has 1 heterocycles. The van der Waals surface area contributed by atoms with Crippen molar-refractivity contribution in [2.24, 2.45) is 7.05 Å². The molecule has 7 heteroatoms. The molecule has 3 N–H and O–H groups in total. The summed E-state index contributed by atoms with van der Waals surface area (Å²) in [6.07, 6.45) is 0. The van der Waals surface area contributed by atoms with Gasteiger partial charge in [0.1, 0.15) is 0 Å². The Hall–Kier alpha value is -3.35. The maximum Gasteiger partial charge on any atom is 0.335 e. The third kappa shape index (κ3) is 2.56. The van der Waals surface area contributed by atoms with E-state index in [2.05, 4.69) is 5.32 Å². The second kappa shape index (κ2) is 5.69. The molecular weight excluding hydrogens is 308 g/mol. The SMILES string of the molecule is CC(=O)Nc1cccc(C(=O)n2c(=O)n(C)c3ccc(N)cc32)c1. The van der Waals surface area contributed by atoms with Gasteiger partial charge in [-0.1, -0.05) is 6.07 Å². The van der Waals surface area contributed by atoms with Crippen molar-refractivity contribution in [1.29, 1.82) is 0 Å². The largest absolute Gasteiger partial charge is 0.399 e. The van der Waals surface area contributed by atoms with E-state index in [0.29, 0.717) is 28.0 Å². The zero-order chi connectivity index (χ0) is 17.4. The van der Waals surface area contributed by atoms with Crippen LogP contribution in [0.4, 0.5) is 11.4 Å². The number of hydrogen-bond acceptors (Lipinski definition) is 4. The van der Waals surface area contributed by atoms with E-state index in [9.17, 15) is 14.4 Å². The molecule has 0 unspecified atom stereocenters. The lowest BCUT2D eigenvalue weighted by Crippen LogP contribution is -2.28. The van der Waals surface area contributed by atoms with Crippen LogP contribution in [0.25, 0.3) is 11.0 Å². The van der Waals surface area contributed by atoms with Crippen LogP contribution in [0.15, 0.2) is 47.3 Å². The summed E-state index contributed by atoms with van der Waals surface area (Å²) >= 11 is 0. The number of carbonyl (C=O) groups is 2. The van der Waals surface area contributed by atoms with Crippen molar-refractivity contribution >= 4 is 34.2 Å². The summed E-state index contributed by atoms with van der Waals surface area (Å²) in [6, 6.07) is 11.4. The van der Waals surface area contributed by atoms with Crippen LogP contribution in [0.1, 0.15) is 17.3 Å². The molecule has 0 spiro atoms. The van der Waals surface area contributed by atoms with E-state index in [0.717, 1.165) is 4.57 Å². The van der Waals surface area contributed by atoms with Gasteiger partial charge in [-0.3, -0.25) is 14.2 Å². The molecule has 0 aliphatic carbocycles. The first-order chi connectivity index (χ1) is 11.4. The first-order valence-electron chi connectivity index (χ1n) is 7.28.